The monoisotopic (exact) mass is 533 g/mol. The highest BCUT2D eigenvalue weighted by molar-refractivity contribution is 6.37. The summed E-state index contributed by atoms with van der Waals surface area (Å²) in [6.07, 6.45) is -3.69. The third-order valence-corrected chi connectivity index (χ3v) is 7.26. The maximum atomic E-state index is 13.6. The summed E-state index contributed by atoms with van der Waals surface area (Å²) in [5.41, 5.74) is -0.0510. The van der Waals surface area contributed by atoms with E-state index in [0.717, 1.165) is 24.3 Å². The van der Waals surface area contributed by atoms with E-state index in [4.69, 9.17) is 16.1 Å². The molecule has 4 aromatic rings. The molecule has 37 heavy (non-hydrogen) atoms. The van der Waals surface area contributed by atoms with Gasteiger partial charge in [0, 0.05) is 17.5 Å². The lowest BCUT2D eigenvalue weighted by molar-refractivity contribution is -0.137. The number of carbonyl (C=O) groups excluding carboxylic acids is 1. The second-order valence-corrected chi connectivity index (χ2v) is 9.73. The van der Waals surface area contributed by atoms with E-state index in [1.807, 2.05) is 0 Å². The molecule has 1 aliphatic carbocycles. The van der Waals surface area contributed by atoms with E-state index in [1.165, 1.54) is 0 Å². The van der Waals surface area contributed by atoms with Crippen molar-refractivity contribution in [2.45, 2.75) is 57.0 Å². The largest absolute Gasteiger partial charge is 0.416 e. The number of halogens is 4. The van der Waals surface area contributed by atoms with Crippen LogP contribution in [-0.4, -0.2) is 26.8 Å². The van der Waals surface area contributed by atoms with Crippen molar-refractivity contribution in [1.29, 1.82) is 0 Å². The van der Waals surface area contributed by atoms with E-state index in [0.29, 0.717) is 58.3 Å². The summed E-state index contributed by atoms with van der Waals surface area (Å²) in [6.45, 7) is 1.66. The molecule has 194 valence electrons. The van der Waals surface area contributed by atoms with E-state index in [2.05, 4.69) is 10.5 Å². The van der Waals surface area contributed by atoms with Crippen molar-refractivity contribution in [3.05, 3.63) is 74.7 Å². The van der Waals surface area contributed by atoms with Gasteiger partial charge in [0.15, 0.2) is 6.10 Å². The summed E-state index contributed by atoms with van der Waals surface area (Å²) in [5, 5.41) is 18.7. The third-order valence-electron chi connectivity index (χ3n) is 6.94. The fourth-order valence-electron chi connectivity index (χ4n) is 5.15. The Bertz CT molecular complexity index is 1550. The van der Waals surface area contributed by atoms with Gasteiger partial charge in [-0.3, -0.25) is 9.59 Å². The van der Waals surface area contributed by atoms with Crippen LogP contribution in [0.2, 0.25) is 5.02 Å². The van der Waals surface area contributed by atoms with Gasteiger partial charge in [0.25, 0.3) is 11.5 Å². The number of aliphatic hydroxyl groups is 1. The van der Waals surface area contributed by atoms with Gasteiger partial charge >= 0.3 is 6.18 Å². The van der Waals surface area contributed by atoms with Crippen LogP contribution >= 0.6 is 11.6 Å². The second-order valence-electron chi connectivity index (χ2n) is 9.32. The maximum absolute atomic E-state index is 13.6. The van der Waals surface area contributed by atoms with Gasteiger partial charge < -0.3 is 19.5 Å². The Hall–Kier alpha value is -3.37. The number of aliphatic hydroxyl groups excluding tert-OH is 1. The molecule has 2 aromatic heterocycles. The molecule has 2 heterocycles. The number of carbonyl (C=O) groups is 1. The smallest absolute Gasteiger partial charge is 0.378 e. The number of pyridine rings is 1. The molecule has 2 aromatic carbocycles. The number of alkyl halides is 3. The van der Waals surface area contributed by atoms with E-state index >= 15 is 0 Å². The number of nitrogens with one attached hydrogen (secondary N) is 1. The normalized spacial score (nSPS) is 19.3. The molecule has 0 saturated heterocycles. The minimum absolute atomic E-state index is 0.0584. The average Bonchev–Trinajstić information content (AvgIpc) is 3.25. The second kappa shape index (κ2) is 9.50. The quantitative estimate of drug-likeness (QED) is 0.363. The van der Waals surface area contributed by atoms with Crippen LogP contribution < -0.4 is 10.9 Å². The summed E-state index contributed by atoms with van der Waals surface area (Å²) >= 11 is 6.49. The van der Waals surface area contributed by atoms with Crippen LogP contribution in [0.4, 0.5) is 13.2 Å². The highest BCUT2D eigenvalue weighted by Crippen LogP contribution is 2.35. The fourth-order valence-corrected chi connectivity index (χ4v) is 5.41. The van der Waals surface area contributed by atoms with Crippen molar-refractivity contribution >= 4 is 39.3 Å². The summed E-state index contributed by atoms with van der Waals surface area (Å²) < 4.78 is 45.4. The Morgan fingerprint density at radius 3 is 2.62 bits per heavy atom. The zero-order chi connectivity index (χ0) is 26.5. The van der Waals surface area contributed by atoms with Crippen molar-refractivity contribution < 1.29 is 27.6 Å². The van der Waals surface area contributed by atoms with Gasteiger partial charge in [-0.1, -0.05) is 35.0 Å². The third kappa shape index (κ3) is 4.59. The molecular formula is C26H23ClF3N3O4. The molecule has 5 rings (SSSR count). The van der Waals surface area contributed by atoms with Crippen molar-refractivity contribution in [2.75, 3.05) is 0 Å². The summed E-state index contributed by atoms with van der Waals surface area (Å²) in [4.78, 5) is 26.3. The van der Waals surface area contributed by atoms with Gasteiger partial charge in [0.05, 0.1) is 16.1 Å². The number of rotatable bonds is 4. The van der Waals surface area contributed by atoms with Gasteiger partial charge in [-0.15, -0.1) is 0 Å². The Balaban J connectivity index is 1.41. The van der Waals surface area contributed by atoms with Gasteiger partial charge in [-0.05, 0) is 62.4 Å². The van der Waals surface area contributed by atoms with Gasteiger partial charge in [-0.25, -0.2) is 0 Å². The summed E-state index contributed by atoms with van der Waals surface area (Å²) in [6, 6.07) is 8.47. The molecular weight excluding hydrogens is 511 g/mol. The number of aryl methyl sites for hydroxylation is 1. The lowest BCUT2D eigenvalue weighted by Gasteiger charge is -2.32. The molecule has 1 saturated carbocycles. The first-order valence-electron chi connectivity index (χ1n) is 11.8. The highest BCUT2D eigenvalue weighted by Gasteiger charge is 2.32. The molecule has 1 amide bonds. The SMILES string of the molecule is Cc1onc2c1c(=O)n(C1CCCC(NC(=O)C(O)c3ccc(C(F)(F)F)cc3)C1)c1cccc(Cl)c21. The minimum atomic E-state index is -4.51. The molecule has 1 aliphatic rings. The van der Waals surface area contributed by atoms with E-state index in [1.54, 1.807) is 29.7 Å². The number of fused-ring (bicyclic) bond motifs is 3. The first-order chi connectivity index (χ1) is 17.6. The molecule has 0 radical (unpaired) electrons. The van der Waals surface area contributed by atoms with Crippen molar-refractivity contribution in [3.8, 4) is 0 Å². The van der Waals surface area contributed by atoms with Gasteiger partial charge in [-0.2, -0.15) is 13.2 Å². The first-order valence-corrected chi connectivity index (χ1v) is 12.2. The molecule has 0 aliphatic heterocycles. The van der Waals surface area contributed by atoms with Crippen LogP contribution in [0.15, 0.2) is 51.8 Å². The van der Waals surface area contributed by atoms with Gasteiger partial charge in [0.1, 0.15) is 16.7 Å². The zero-order valence-electron chi connectivity index (χ0n) is 19.7. The van der Waals surface area contributed by atoms with Crippen molar-refractivity contribution in [1.82, 2.24) is 15.0 Å². The van der Waals surface area contributed by atoms with Crippen LogP contribution in [0.1, 0.15) is 54.7 Å². The molecule has 7 nitrogen and oxygen atoms in total. The first kappa shape index (κ1) is 25.3. The summed E-state index contributed by atoms with van der Waals surface area (Å²) in [5.74, 6) is -0.327. The zero-order valence-corrected chi connectivity index (χ0v) is 20.4. The van der Waals surface area contributed by atoms with Gasteiger partial charge in [0.2, 0.25) is 0 Å². The maximum Gasteiger partial charge on any atom is 0.416 e. The molecule has 1 fully saturated rings. The summed E-state index contributed by atoms with van der Waals surface area (Å²) in [7, 11) is 0. The molecule has 3 unspecified atom stereocenters. The van der Waals surface area contributed by atoms with E-state index in [-0.39, 0.29) is 23.2 Å². The highest BCUT2D eigenvalue weighted by atomic mass is 35.5. The molecule has 0 spiro atoms. The topological polar surface area (TPSA) is 97.4 Å². The number of aromatic nitrogens is 2. The average molecular weight is 534 g/mol. The molecule has 0 bridgehead atoms. The van der Waals surface area contributed by atoms with Crippen LogP contribution in [0, 0.1) is 6.92 Å². The number of amides is 1. The standard InChI is InChI=1S/C26H23ClF3N3O4/c1-13-20-22(32-37-13)21-18(27)6-3-7-19(21)33(25(20)36)17-5-2-4-16(12-17)31-24(35)23(34)14-8-10-15(11-9-14)26(28,29)30/h3,6-11,16-17,23,34H,2,4-5,12H2,1H3,(H,31,35). The number of hydrogen-bond acceptors (Lipinski definition) is 5. The van der Waals surface area contributed by atoms with Crippen LogP contribution in [-0.2, 0) is 11.0 Å². The molecule has 11 heteroatoms. The van der Waals surface area contributed by atoms with E-state index < -0.39 is 23.8 Å². The lowest BCUT2D eigenvalue weighted by Crippen LogP contribution is -2.42. The molecule has 3 atom stereocenters. The number of hydrogen-bond donors (Lipinski definition) is 2. The van der Waals surface area contributed by atoms with Crippen molar-refractivity contribution in [2.24, 2.45) is 0 Å². The fraction of sp³-hybridized carbons (Fsp3) is 0.346. The van der Waals surface area contributed by atoms with Crippen molar-refractivity contribution in [3.63, 3.8) is 0 Å². The molecule has 2 N–H and O–H groups in total. The Kier molecular flexibility index (Phi) is 6.49. The minimum Gasteiger partial charge on any atom is -0.378 e. The number of nitrogens with zero attached hydrogens (tertiary/aromatic N) is 2. The van der Waals surface area contributed by atoms with Crippen LogP contribution in [0.25, 0.3) is 21.8 Å². The predicted molar refractivity (Wildman–Crippen MR) is 131 cm³/mol. The number of benzene rings is 2. The van der Waals surface area contributed by atoms with Crippen LogP contribution in [0.3, 0.4) is 0 Å². The van der Waals surface area contributed by atoms with Crippen LogP contribution in [0.5, 0.6) is 0 Å². The Morgan fingerprint density at radius 2 is 1.92 bits per heavy atom. The Labute approximate surface area is 213 Å². The lowest BCUT2D eigenvalue weighted by atomic mass is 9.89. The van der Waals surface area contributed by atoms with E-state index in [9.17, 15) is 27.9 Å². The predicted octanol–water partition coefficient (Wildman–Crippen LogP) is 5.46. The Morgan fingerprint density at radius 1 is 1.19 bits per heavy atom.